The van der Waals surface area contributed by atoms with Gasteiger partial charge in [0.25, 0.3) is 5.91 Å². The summed E-state index contributed by atoms with van der Waals surface area (Å²) in [6, 6.07) is 18.8. The van der Waals surface area contributed by atoms with Crippen LogP contribution in [0, 0.1) is 11.3 Å². The highest BCUT2D eigenvalue weighted by molar-refractivity contribution is 6.08. The van der Waals surface area contributed by atoms with Gasteiger partial charge in [0, 0.05) is 17.4 Å². The van der Waals surface area contributed by atoms with Crippen LogP contribution in [-0.2, 0) is 4.74 Å². The third-order valence-electron chi connectivity index (χ3n) is 3.98. The molecule has 0 saturated heterocycles. The normalized spacial score (nSPS) is 9.93. The highest BCUT2D eigenvalue weighted by Gasteiger charge is 2.15. The van der Waals surface area contributed by atoms with E-state index in [-0.39, 0.29) is 18.1 Å². The van der Waals surface area contributed by atoms with Crippen LogP contribution in [0.5, 0.6) is 0 Å². The maximum absolute atomic E-state index is 12.7. The number of nitriles is 1. The van der Waals surface area contributed by atoms with E-state index in [2.05, 4.69) is 21.7 Å². The second kappa shape index (κ2) is 9.15. The van der Waals surface area contributed by atoms with Crippen LogP contribution in [0.2, 0.25) is 0 Å². The molecule has 0 bridgehead atoms. The summed E-state index contributed by atoms with van der Waals surface area (Å²) < 4.78 is 5.03. The van der Waals surface area contributed by atoms with Gasteiger partial charge in [0.1, 0.15) is 5.82 Å². The van der Waals surface area contributed by atoms with Crippen molar-refractivity contribution in [2.75, 3.05) is 17.2 Å². The van der Waals surface area contributed by atoms with E-state index in [0.717, 1.165) is 5.69 Å². The SMILES string of the molecule is CCOC(=O)c1ccccc1NC(=O)c1ccnc(Nc2ccc(C#N)cc2)c1. The highest BCUT2D eigenvalue weighted by atomic mass is 16.5. The first-order valence-electron chi connectivity index (χ1n) is 8.91. The number of anilines is 3. The summed E-state index contributed by atoms with van der Waals surface area (Å²) in [5.41, 5.74) is 2.32. The summed E-state index contributed by atoms with van der Waals surface area (Å²) >= 11 is 0. The maximum atomic E-state index is 12.7. The number of benzene rings is 2. The zero-order valence-electron chi connectivity index (χ0n) is 15.7. The fourth-order valence-electron chi connectivity index (χ4n) is 2.59. The Balaban J connectivity index is 1.76. The molecule has 0 spiro atoms. The van der Waals surface area contributed by atoms with Crippen LogP contribution in [0.1, 0.15) is 33.2 Å². The summed E-state index contributed by atoms with van der Waals surface area (Å²) in [7, 11) is 0. The average Bonchev–Trinajstić information content (AvgIpc) is 2.75. The molecule has 144 valence electrons. The number of hydrogen-bond acceptors (Lipinski definition) is 6. The van der Waals surface area contributed by atoms with E-state index >= 15 is 0 Å². The topological polar surface area (TPSA) is 104 Å². The van der Waals surface area contributed by atoms with Gasteiger partial charge in [-0.3, -0.25) is 4.79 Å². The van der Waals surface area contributed by atoms with Crippen LogP contribution >= 0.6 is 0 Å². The zero-order valence-corrected chi connectivity index (χ0v) is 15.7. The van der Waals surface area contributed by atoms with Gasteiger partial charge in [0.15, 0.2) is 0 Å². The zero-order chi connectivity index (χ0) is 20.6. The number of ether oxygens (including phenoxy) is 1. The Kier molecular flexibility index (Phi) is 6.18. The van der Waals surface area contributed by atoms with Crippen molar-refractivity contribution < 1.29 is 14.3 Å². The number of amides is 1. The number of nitrogens with zero attached hydrogens (tertiary/aromatic N) is 2. The van der Waals surface area contributed by atoms with Crippen LogP contribution in [0.15, 0.2) is 66.9 Å². The van der Waals surface area contributed by atoms with E-state index in [0.29, 0.717) is 22.6 Å². The molecule has 3 aromatic rings. The van der Waals surface area contributed by atoms with Crippen molar-refractivity contribution >= 4 is 29.1 Å². The van der Waals surface area contributed by atoms with Crippen molar-refractivity contribution in [2.24, 2.45) is 0 Å². The number of para-hydroxylation sites is 1. The number of aromatic nitrogens is 1. The molecule has 1 heterocycles. The van der Waals surface area contributed by atoms with Gasteiger partial charge in [-0.15, -0.1) is 0 Å². The maximum Gasteiger partial charge on any atom is 0.340 e. The van der Waals surface area contributed by atoms with Crippen molar-refractivity contribution in [3.8, 4) is 6.07 Å². The first-order valence-corrected chi connectivity index (χ1v) is 8.91. The Bertz CT molecular complexity index is 1070. The number of esters is 1. The minimum atomic E-state index is -0.499. The summed E-state index contributed by atoms with van der Waals surface area (Å²) in [6.07, 6.45) is 1.51. The van der Waals surface area contributed by atoms with E-state index < -0.39 is 5.97 Å². The molecular formula is C22H18N4O3. The van der Waals surface area contributed by atoms with Crippen LogP contribution in [0.4, 0.5) is 17.2 Å². The van der Waals surface area contributed by atoms with Gasteiger partial charge in [-0.2, -0.15) is 5.26 Å². The van der Waals surface area contributed by atoms with Gasteiger partial charge >= 0.3 is 5.97 Å². The standard InChI is InChI=1S/C22H18N4O3/c1-2-29-22(28)18-5-3-4-6-19(18)26-21(27)16-11-12-24-20(13-16)25-17-9-7-15(14-23)8-10-17/h3-13H,2H2,1H3,(H,24,25)(H,26,27). The molecule has 0 radical (unpaired) electrons. The molecule has 7 heteroatoms. The van der Waals surface area contributed by atoms with E-state index in [1.54, 1.807) is 67.6 Å². The average molecular weight is 386 g/mol. The monoisotopic (exact) mass is 386 g/mol. The van der Waals surface area contributed by atoms with E-state index in [1.807, 2.05) is 0 Å². The van der Waals surface area contributed by atoms with Gasteiger partial charge in [-0.05, 0) is 55.5 Å². The second-order valence-electron chi connectivity index (χ2n) is 5.96. The third-order valence-corrected chi connectivity index (χ3v) is 3.98. The first-order chi connectivity index (χ1) is 14.1. The van der Waals surface area contributed by atoms with Crippen molar-refractivity contribution in [1.82, 2.24) is 4.98 Å². The van der Waals surface area contributed by atoms with E-state index in [1.165, 1.54) is 6.20 Å². The minimum Gasteiger partial charge on any atom is -0.462 e. The molecule has 29 heavy (non-hydrogen) atoms. The predicted octanol–water partition coefficient (Wildman–Crippen LogP) is 4.13. The summed E-state index contributed by atoms with van der Waals surface area (Å²) in [6.45, 7) is 1.97. The molecule has 1 amide bonds. The van der Waals surface area contributed by atoms with Crippen molar-refractivity contribution in [3.63, 3.8) is 0 Å². The van der Waals surface area contributed by atoms with Crippen LogP contribution in [0.25, 0.3) is 0 Å². The highest BCUT2D eigenvalue weighted by Crippen LogP contribution is 2.19. The van der Waals surface area contributed by atoms with Gasteiger partial charge in [-0.25, -0.2) is 9.78 Å². The second-order valence-corrected chi connectivity index (χ2v) is 5.96. The van der Waals surface area contributed by atoms with Gasteiger partial charge < -0.3 is 15.4 Å². The van der Waals surface area contributed by atoms with Crippen molar-refractivity contribution in [2.45, 2.75) is 6.92 Å². The fraction of sp³-hybridized carbons (Fsp3) is 0.0909. The lowest BCUT2D eigenvalue weighted by atomic mass is 10.1. The van der Waals surface area contributed by atoms with Crippen LogP contribution in [-0.4, -0.2) is 23.5 Å². The molecule has 0 fully saturated rings. The fourth-order valence-corrected chi connectivity index (χ4v) is 2.59. The summed E-state index contributed by atoms with van der Waals surface area (Å²) in [4.78, 5) is 29.0. The molecule has 0 aliphatic rings. The Morgan fingerprint density at radius 1 is 1.10 bits per heavy atom. The number of pyridine rings is 1. The summed E-state index contributed by atoms with van der Waals surface area (Å²) in [5.74, 6) is -0.408. The lowest BCUT2D eigenvalue weighted by Crippen LogP contribution is -2.16. The molecule has 7 nitrogen and oxygen atoms in total. The molecule has 0 aliphatic carbocycles. The molecule has 2 N–H and O–H groups in total. The van der Waals surface area contributed by atoms with Crippen LogP contribution < -0.4 is 10.6 Å². The van der Waals surface area contributed by atoms with Gasteiger partial charge in [0.2, 0.25) is 0 Å². The van der Waals surface area contributed by atoms with E-state index in [4.69, 9.17) is 10.00 Å². The van der Waals surface area contributed by atoms with E-state index in [9.17, 15) is 9.59 Å². The Hall–Kier alpha value is -4.18. The quantitative estimate of drug-likeness (QED) is 0.618. The van der Waals surface area contributed by atoms with Crippen molar-refractivity contribution in [1.29, 1.82) is 5.26 Å². The predicted molar refractivity (Wildman–Crippen MR) is 109 cm³/mol. The number of hydrogen-bond donors (Lipinski definition) is 2. The van der Waals surface area contributed by atoms with Gasteiger partial charge in [-0.1, -0.05) is 12.1 Å². The molecule has 0 atom stereocenters. The Morgan fingerprint density at radius 2 is 1.86 bits per heavy atom. The molecule has 0 unspecified atom stereocenters. The molecule has 1 aromatic heterocycles. The Morgan fingerprint density at radius 3 is 2.59 bits per heavy atom. The summed E-state index contributed by atoms with van der Waals surface area (Å²) in [5, 5.41) is 14.7. The van der Waals surface area contributed by atoms with Crippen molar-refractivity contribution in [3.05, 3.63) is 83.6 Å². The number of rotatable bonds is 6. The number of carbonyl (C=O) groups excluding carboxylic acids is 2. The first kappa shape index (κ1) is 19.6. The third kappa shape index (κ3) is 4.96. The number of nitrogens with one attached hydrogen (secondary N) is 2. The largest absolute Gasteiger partial charge is 0.462 e. The molecule has 2 aromatic carbocycles. The van der Waals surface area contributed by atoms with Crippen LogP contribution in [0.3, 0.4) is 0 Å². The lowest BCUT2D eigenvalue weighted by Gasteiger charge is -2.11. The molecule has 3 rings (SSSR count). The smallest absolute Gasteiger partial charge is 0.340 e. The minimum absolute atomic E-state index is 0.246. The molecule has 0 saturated carbocycles. The Labute approximate surface area is 168 Å². The number of carbonyl (C=O) groups is 2. The molecular weight excluding hydrogens is 368 g/mol. The molecule has 0 aliphatic heterocycles. The van der Waals surface area contributed by atoms with Gasteiger partial charge in [0.05, 0.1) is 29.5 Å². The lowest BCUT2D eigenvalue weighted by molar-refractivity contribution is 0.0527.